The number of phenolic OH excluding ortho intramolecular Hbond substituents is 1. The van der Waals surface area contributed by atoms with Gasteiger partial charge < -0.3 is 25.1 Å². The van der Waals surface area contributed by atoms with Gasteiger partial charge in [-0.25, -0.2) is 8.78 Å². The minimum absolute atomic E-state index is 0.0273. The van der Waals surface area contributed by atoms with Gasteiger partial charge in [-0.2, -0.15) is 0 Å². The molecule has 0 fully saturated rings. The van der Waals surface area contributed by atoms with Gasteiger partial charge in [-0.3, -0.25) is 14.4 Å². The predicted octanol–water partition coefficient (Wildman–Crippen LogP) is 3.53. The number of aromatic hydroxyl groups is 1. The molecule has 0 spiro atoms. The normalized spacial score (nSPS) is 12.6. The molecule has 1 heterocycles. The maximum Gasteiger partial charge on any atom is 0.274 e. The minimum atomic E-state index is -3.29. The van der Waals surface area contributed by atoms with Gasteiger partial charge in [0.1, 0.15) is 28.9 Å². The Morgan fingerprint density at radius 1 is 1.16 bits per heavy atom. The molecule has 2 aromatic carbocycles. The van der Waals surface area contributed by atoms with Gasteiger partial charge in [-0.15, -0.1) is 0 Å². The Morgan fingerprint density at radius 2 is 1.81 bits per heavy atom. The topological polar surface area (TPSA) is 112 Å². The van der Waals surface area contributed by atoms with Crippen molar-refractivity contribution in [3.8, 4) is 5.75 Å². The molecule has 0 saturated heterocycles. The second-order valence-electron chi connectivity index (χ2n) is 7.57. The average molecular weight is 447 g/mol. The molecule has 1 unspecified atom stereocenters. The third-order valence-electron chi connectivity index (χ3n) is 5.07. The minimum Gasteiger partial charge on any atom is -0.505 e. The summed E-state index contributed by atoms with van der Waals surface area (Å²) in [7, 11) is 3.01. The van der Waals surface area contributed by atoms with Crippen molar-refractivity contribution in [3.05, 3.63) is 67.9 Å². The Bertz CT molecular complexity index is 1220. The summed E-state index contributed by atoms with van der Waals surface area (Å²) in [5, 5.41) is 15.5. The van der Waals surface area contributed by atoms with E-state index in [1.165, 1.54) is 56.3 Å². The summed E-state index contributed by atoms with van der Waals surface area (Å²) < 4.78 is 34.6. The maximum atomic E-state index is 14.6. The van der Waals surface area contributed by atoms with Crippen molar-refractivity contribution in [2.24, 2.45) is 0 Å². The van der Waals surface area contributed by atoms with Gasteiger partial charge in [0, 0.05) is 20.5 Å². The molecule has 1 aromatic heterocycles. The monoisotopic (exact) mass is 447 g/mol. The van der Waals surface area contributed by atoms with E-state index in [9.17, 15) is 28.3 Å². The zero-order valence-electron chi connectivity index (χ0n) is 18.0. The number of carbonyl (C=O) groups excluding carboxylic acids is 1. The number of alkyl halides is 2. The number of rotatable bonds is 8. The largest absolute Gasteiger partial charge is 0.505 e. The van der Waals surface area contributed by atoms with Crippen LogP contribution < -0.4 is 21.5 Å². The number of halogens is 2. The van der Waals surface area contributed by atoms with E-state index in [2.05, 4.69) is 10.6 Å². The van der Waals surface area contributed by atoms with Gasteiger partial charge in [0.25, 0.3) is 22.7 Å². The van der Waals surface area contributed by atoms with E-state index in [4.69, 9.17) is 4.42 Å². The van der Waals surface area contributed by atoms with Crippen LogP contribution >= 0.6 is 0 Å². The number of nitrogens with one attached hydrogen (secondary N) is 2. The van der Waals surface area contributed by atoms with Crippen molar-refractivity contribution in [3.63, 3.8) is 0 Å². The number of phenols is 1. The molecule has 0 aliphatic heterocycles. The standard InChI is InChI=1S/C22H23F2N3O5/c1-5-22(23,24)20(14-10-9-11(2)32-14)26-16-15(18(29)19(16)30)25-13-8-6-7-12(17(13)28)21(31)27(3)4/h6-10,20,25-26,28H,5H2,1-4H3. The van der Waals surface area contributed by atoms with E-state index in [0.29, 0.717) is 5.76 Å². The highest BCUT2D eigenvalue weighted by Crippen LogP contribution is 2.39. The van der Waals surface area contributed by atoms with E-state index >= 15 is 0 Å². The summed E-state index contributed by atoms with van der Waals surface area (Å²) in [5.74, 6) is -3.89. The third kappa shape index (κ3) is 4.08. The van der Waals surface area contributed by atoms with Crippen LogP contribution in [0, 0.1) is 6.92 Å². The van der Waals surface area contributed by atoms with Crippen LogP contribution in [0.1, 0.15) is 41.3 Å². The molecule has 170 valence electrons. The number of furan rings is 1. The highest BCUT2D eigenvalue weighted by Gasteiger charge is 2.42. The van der Waals surface area contributed by atoms with Crippen molar-refractivity contribution in [1.29, 1.82) is 0 Å². The van der Waals surface area contributed by atoms with Gasteiger partial charge in [0.2, 0.25) is 0 Å². The lowest BCUT2D eigenvalue weighted by Crippen LogP contribution is -2.40. The molecule has 3 aromatic rings. The fraction of sp³-hybridized carbons (Fsp3) is 0.318. The molecule has 8 nitrogen and oxygen atoms in total. The number of amides is 1. The van der Waals surface area contributed by atoms with Crippen LogP contribution in [0.3, 0.4) is 0 Å². The number of para-hydroxylation sites is 1. The summed E-state index contributed by atoms with van der Waals surface area (Å²) in [6, 6.07) is 5.44. The van der Waals surface area contributed by atoms with Crippen LogP contribution in [0.4, 0.5) is 25.8 Å². The lowest BCUT2D eigenvalue weighted by Gasteiger charge is -2.27. The van der Waals surface area contributed by atoms with Crippen LogP contribution in [0.25, 0.3) is 0 Å². The second-order valence-corrected chi connectivity index (χ2v) is 7.57. The molecule has 1 amide bonds. The fourth-order valence-electron chi connectivity index (χ4n) is 3.18. The van der Waals surface area contributed by atoms with Crippen molar-refractivity contribution in [1.82, 2.24) is 4.90 Å². The van der Waals surface area contributed by atoms with Crippen molar-refractivity contribution in [2.45, 2.75) is 32.2 Å². The molecular formula is C22H23F2N3O5. The first-order valence-corrected chi connectivity index (χ1v) is 9.82. The van der Waals surface area contributed by atoms with E-state index in [0.717, 1.165) is 0 Å². The lowest BCUT2D eigenvalue weighted by atomic mass is 10.0. The molecule has 0 aliphatic carbocycles. The smallest absolute Gasteiger partial charge is 0.274 e. The Morgan fingerprint density at radius 3 is 2.38 bits per heavy atom. The Kier molecular flexibility index (Phi) is 6.07. The number of carbonyl (C=O) groups is 1. The number of anilines is 3. The molecule has 10 heteroatoms. The zero-order chi connectivity index (χ0) is 23.8. The van der Waals surface area contributed by atoms with Gasteiger partial charge in [0.15, 0.2) is 5.75 Å². The van der Waals surface area contributed by atoms with Gasteiger partial charge in [-0.05, 0) is 31.2 Å². The number of nitrogens with zero attached hydrogens (tertiary/aromatic N) is 1. The Labute approximate surface area is 182 Å². The van der Waals surface area contributed by atoms with Gasteiger partial charge in [0.05, 0.1) is 11.3 Å². The summed E-state index contributed by atoms with van der Waals surface area (Å²) >= 11 is 0. The summed E-state index contributed by atoms with van der Waals surface area (Å²) in [4.78, 5) is 37.8. The first-order chi connectivity index (χ1) is 15.0. The maximum absolute atomic E-state index is 14.6. The van der Waals surface area contributed by atoms with E-state index in [1.807, 2.05) is 0 Å². The molecule has 0 bridgehead atoms. The molecule has 0 aliphatic rings. The van der Waals surface area contributed by atoms with Crippen LogP contribution in [-0.2, 0) is 0 Å². The summed E-state index contributed by atoms with van der Waals surface area (Å²) in [6.45, 7) is 2.89. The number of hydrogen-bond acceptors (Lipinski definition) is 7. The number of benzene rings is 1. The zero-order valence-corrected chi connectivity index (χ0v) is 18.0. The molecule has 32 heavy (non-hydrogen) atoms. The Hall–Kier alpha value is -3.69. The van der Waals surface area contributed by atoms with Crippen molar-refractivity contribution >= 4 is 23.0 Å². The molecular weight excluding hydrogens is 424 g/mol. The first kappa shape index (κ1) is 23.0. The lowest BCUT2D eigenvalue weighted by molar-refractivity contribution is -0.0286. The molecule has 3 rings (SSSR count). The molecule has 1 atom stereocenters. The molecule has 3 N–H and O–H groups in total. The van der Waals surface area contributed by atoms with Crippen LogP contribution in [0.5, 0.6) is 5.75 Å². The van der Waals surface area contributed by atoms with E-state index in [-0.39, 0.29) is 28.4 Å². The number of aryl methyl sites for hydroxylation is 1. The van der Waals surface area contributed by atoms with Gasteiger partial charge in [-0.1, -0.05) is 13.0 Å². The van der Waals surface area contributed by atoms with E-state index < -0.39 is 40.9 Å². The van der Waals surface area contributed by atoms with Gasteiger partial charge >= 0.3 is 0 Å². The third-order valence-corrected chi connectivity index (χ3v) is 5.07. The molecule has 0 radical (unpaired) electrons. The van der Waals surface area contributed by atoms with Crippen LogP contribution in [0.2, 0.25) is 0 Å². The van der Waals surface area contributed by atoms with E-state index in [1.54, 1.807) is 6.92 Å². The highest BCUT2D eigenvalue weighted by atomic mass is 19.3. The number of hydrogen-bond donors (Lipinski definition) is 3. The molecule has 0 saturated carbocycles. The van der Waals surface area contributed by atoms with Crippen molar-refractivity contribution in [2.75, 3.05) is 24.7 Å². The highest BCUT2D eigenvalue weighted by molar-refractivity contribution is 5.99. The predicted molar refractivity (Wildman–Crippen MR) is 116 cm³/mol. The first-order valence-electron chi connectivity index (χ1n) is 9.82. The Balaban J connectivity index is 1.97. The average Bonchev–Trinajstić information content (AvgIpc) is 3.18. The summed E-state index contributed by atoms with van der Waals surface area (Å²) in [5.41, 5.74) is -2.63. The SMILES string of the molecule is CCC(F)(F)C(Nc1c(Nc2cccc(C(=O)N(C)C)c2O)c(=O)c1=O)c1ccc(C)o1. The fourth-order valence-corrected chi connectivity index (χ4v) is 3.18. The van der Waals surface area contributed by atoms with Crippen LogP contribution in [0.15, 0.2) is 44.3 Å². The quantitative estimate of drug-likeness (QED) is 0.358. The van der Waals surface area contributed by atoms with Crippen molar-refractivity contribution < 1.29 is 23.1 Å². The second kappa shape index (κ2) is 8.45. The summed E-state index contributed by atoms with van der Waals surface area (Å²) in [6.07, 6.45) is -0.544. The van der Waals surface area contributed by atoms with Crippen LogP contribution in [-0.4, -0.2) is 35.9 Å².